The Bertz CT molecular complexity index is 467. The van der Waals surface area contributed by atoms with Gasteiger partial charge in [0.25, 0.3) is 0 Å². The fourth-order valence-electron chi connectivity index (χ4n) is 2.93. The minimum atomic E-state index is -0.355. The molecule has 1 aromatic carbocycles. The van der Waals surface area contributed by atoms with Crippen molar-refractivity contribution in [2.75, 3.05) is 26.3 Å². The normalized spacial score (nSPS) is 21.3. The Kier molecular flexibility index (Phi) is 7.36. The number of rotatable bonds is 8. The number of benzene rings is 1. The molecule has 1 aromatic rings. The highest BCUT2D eigenvalue weighted by Crippen LogP contribution is 2.21. The van der Waals surface area contributed by atoms with Crippen LogP contribution in [0.3, 0.4) is 0 Å². The van der Waals surface area contributed by atoms with Gasteiger partial charge in [0, 0.05) is 19.7 Å². The molecule has 0 spiro atoms. The Morgan fingerprint density at radius 1 is 1.39 bits per heavy atom. The molecule has 128 valence electrons. The van der Waals surface area contributed by atoms with Crippen LogP contribution >= 0.6 is 0 Å². The van der Waals surface area contributed by atoms with E-state index >= 15 is 0 Å². The van der Waals surface area contributed by atoms with E-state index in [0.717, 1.165) is 38.8 Å². The van der Waals surface area contributed by atoms with Gasteiger partial charge in [-0.3, -0.25) is 4.90 Å². The molecule has 0 aliphatic carbocycles. The van der Waals surface area contributed by atoms with Crippen LogP contribution in [0.1, 0.15) is 31.7 Å². The maximum Gasteiger partial charge on any atom is 0.408 e. The van der Waals surface area contributed by atoms with Gasteiger partial charge in [-0.15, -0.1) is 0 Å². The van der Waals surface area contributed by atoms with Gasteiger partial charge in [-0.2, -0.15) is 0 Å². The number of amides is 1. The summed E-state index contributed by atoms with van der Waals surface area (Å²) in [4.78, 5) is 14.1. The lowest BCUT2D eigenvalue weighted by atomic mass is 10.1. The van der Waals surface area contributed by atoms with Crippen LogP contribution in [0.2, 0.25) is 0 Å². The van der Waals surface area contributed by atoms with Crippen LogP contribution in [0.25, 0.3) is 0 Å². The zero-order valence-corrected chi connectivity index (χ0v) is 13.9. The second kappa shape index (κ2) is 9.53. The average molecular weight is 320 g/mol. The summed E-state index contributed by atoms with van der Waals surface area (Å²) in [5.41, 5.74) is 1.28. The number of hydrogen-bond donors (Lipinski definition) is 2. The van der Waals surface area contributed by atoms with Crippen LogP contribution in [-0.2, 0) is 11.2 Å². The van der Waals surface area contributed by atoms with Crippen molar-refractivity contribution in [1.29, 1.82) is 0 Å². The van der Waals surface area contributed by atoms with Crippen LogP contribution in [0.4, 0.5) is 4.79 Å². The number of carbonyl (C=O) groups excluding carboxylic acids is 1. The van der Waals surface area contributed by atoms with Crippen molar-refractivity contribution >= 4 is 6.09 Å². The molecule has 5 nitrogen and oxygen atoms in total. The number of aliphatic hydroxyl groups excluding tert-OH is 1. The van der Waals surface area contributed by atoms with Gasteiger partial charge >= 0.3 is 6.09 Å². The summed E-state index contributed by atoms with van der Waals surface area (Å²) in [6, 6.07) is 10.3. The van der Waals surface area contributed by atoms with E-state index in [2.05, 4.69) is 29.3 Å². The van der Waals surface area contributed by atoms with E-state index in [4.69, 9.17) is 4.74 Å². The second-order valence-electron chi connectivity index (χ2n) is 6.16. The first-order valence-electron chi connectivity index (χ1n) is 8.55. The maximum absolute atomic E-state index is 11.9. The fraction of sp³-hybridized carbons (Fsp3) is 0.611. The topological polar surface area (TPSA) is 61.8 Å². The van der Waals surface area contributed by atoms with Crippen LogP contribution in [0.15, 0.2) is 30.3 Å². The Morgan fingerprint density at radius 3 is 2.87 bits per heavy atom. The summed E-state index contributed by atoms with van der Waals surface area (Å²) in [6.07, 6.45) is 3.19. The average Bonchev–Trinajstić information content (AvgIpc) is 2.96. The molecule has 1 aliphatic heterocycles. The van der Waals surface area contributed by atoms with Gasteiger partial charge in [0.15, 0.2) is 0 Å². The number of nitrogens with one attached hydrogen (secondary N) is 1. The third kappa shape index (κ3) is 5.84. The van der Waals surface area contributed by atoms with Gasteiger partial charge in [0.1, 0.15) is 0 Å². The smallest absolute Gasteiger partial charge is 0.408 e. The van der Waals surface area contributed by atoms with Crippen LogP contribution in [0, 0.1) is 5.92 Å². The molecule has 0 unspecified atom stereocenters. The first kappa shape index (κ1) is 17.8. The summed E-state index contributed by atoms with van der Waals surface area (Å²) >= 11 is 0. The number of carbonyl (C=O) groups is 1. The third-order valence-electron chi connectivity index (χ3n) is 4.29. The summed E-state index contributed by atoms with van der Waals surface area (Å²) in [5.74, 6) is 0.215. The van der Waals surface area contributed by atoms with E-state index in [1.165, 1.54) is 5.56 Å². The van der Waals surface area contributed by atoms with Gasteiger partial charge in [-0.1, -0.05) is 43.7 Å². The molecule has 0 saturated carbocycles. The van der Waals surface area contributed by atoms with Crippen molar-refractivity contribution in [2.24, 2.45) is 5.92 Å². The lowest BCUT2D eigenvalue weighted by Gasteiger charge is -2.25. The summed E-state index contributed by atoms with van der Waals surface area (Å²) in [5, 5.41) is 12.4. The molecule has 1 saturated heterocycles. The lowest BCUT2D eigenvalue weighted by Crippen LogP contribution is -2.45. The van der Waals surface area contributed by atoms with Crippen molar-refractivity contribution < 1.29 is 14.6 Å². The van der Waals surface area contributed by atoms with E-state index in [9.17, 15) is 9.90 Å². The zero-order chi connectivity index (χ0) is 16.5. The highest BCUT2D eigenvalue weighted by molar-refractivity contribution is 5.67. The predicted molar refractivity (Wildman–Crippen MR) is 90.1 cm³/mol. The van der Waals surface area contributed by atoms with Crippen molar-refractivity contribution in [1.82, 2.24) is 10.2 Å². The number of nitrogens with zero attached hydrogens (tertiary/aromatic N) is 1. The lowest BCUT2D eigenvalue weighted by molar-refractivity contribution is 0.125. The Labute approximate surface area is 138 Å². The van der Waals surface area contributed by atoms with E-state index in [0.29, 0.717) is 6.61 Å². The van der Waals surface area contributed by atoms with Gasteiger partial charge in [-0.05, 0) is 30.7 Å². The van der Waals surface area contributed by atoms with Crippen LogP contribution < -0.4 is 5.32 Å². The van der Waals surface area contributed by atoms with Crippen molar-refractivity contribution in [2.45, 2.75) is 38.8 Å². The summed E-state index contributed by atoms with van der Waals surface area (Å²) in [6.45, 7) is 4.35. The fourth-order valence-corrected chi connectivity index (χ4v) is 2.93. The molecular weight excluding hydrogens is 292 g/mol. The number of alkyl carbamates (subject to hydrolysis) is 1. The van der Waals surface area contributed by atoms with Gasteiger partial charge < -0.3 is 15.2 Å². The predicted octanol–water partition coefficient (Wildman–Crippen LogP) is 2.40. The summed E-state index contributed by atoms with van der Waals surface area (Å²) < 4.78 is 5.19. The molecule has 0 radical (unpaired) electrons. The Morgan fingerprint density at radius 2 is 2.17 bits per heavy atom. The van der Waals surface area contributed by atoms with E-state index in [-0.39, 0.29) is 24.8 Å². The van der Waals surface area contributed by atoms with Gasteiger partial charge in [0.05, 0.1) is 12.8 Å². The minimum absolute atomic E-state index is 0.0509. The molecule has 0 aromatic heterocycles. The zero-order valence-electron chi connectivity index (χ0n) is 13.9. The molecule has 1 aliphatic rings. The minimum Gasteiger partial charge on any atom is -0.450 e. The van der Waals surface area contributed by atoms with E-state index in [1.54, 1.807) is 0 Å². The summed E-state index contributed by atoms with van der Waals surface area (Å²) in [7, 11) is 0. The molecule has 5 heteroatoms. The molecular formula is C18H28N2O3. The van der Waals surface area contributed by atoms with E-state index in [1.807, 2.05) is 18.2 Å². The molecule has 2 N–H and O–H groups in total. The van der Waals surface area contributed by atoms with Gasteiger partial charge in [0.2, 0.25) is 0 Å². The number of hydrogen-bond acceptors (Lipinski definition) is 4. The largest absolute Gasteiger partial charge is 0.450 e. The van der Waals surface area contributed by atoms with Crippen molar-refractivity contribution in [3.8, 4) is 0 Å². The molecule has 1 heterocycles. The van der Waals surface area contributed by atoms with Crippen LogP contribution in [0.5, 0.6) is 0 Å². The highest BCUT2D eigenvalue weighted by Gasteiger charge is 2.32. The van der Waals surface area contributed by atoms with E-state index < -0.39 is 0 Å². The molecule has 23 heavy (non-hydrogen) atoms. The Hall–Kier alpha value is -1.59. The molecule has 1 amide bonds. The Balaban J connectivity index is 1.83. The SMILES string of the molecule is CCCCOC(=O)N[C@H]1C[C@@H](CO)CN1CCc1ccccc1. The second-order valence-corrected chi connectivity index (χ2v) is 6.16. The first-order chi connectivity index (χ1) is 11.2. The number of aliphatic hydroxyl groups is 1. The maximum atomic E-state index is 11.9. The first-order valence-corrected chi connectivity index (χ1v) is 8.55. The standard InChI is InChI=1S/C18H28N2O3/c1-2-3-11-23-18(22)19-17-12-16(14-21)13-20(17)10-9-15-7-5-4-6-8-15/h4-8,16-17,21H,2-3,9-14H2,1H3,(H,19,22)/t16-,17-/m1/s1. The number of likely N-dealkylation sites (tertiary alicyclic amines) is 1. The highest BCUT2D eigenvalue weighted by atomic mass is 16.5. The van der Waals surface area contributed by atoms with Crippen LogP contribution in [-0.4, -0.2) is 48.6 Å². The van der Waals surface area contributed by atoms with Crippen molar-refractivity contribution in [3.63, 3.8) is 0 Å². The molecule has 0 bridgehead atoms. The van der Waals surface area contributed by atoms with Crippen molar-refractivity contribution in [3.05, 3.63) is 35.9 Å². The molecule has 1 fully saturated rings. The monoisotopic (exact) mass is 320 g/mol. The molecule has 2 atom stereocenters. The quantitative estimate of drug-likeness (QED) is 0.722. The number of ether oxygens (including phenoxy) is 1. The molecule has 2 rings (SSSR count). The number of unbranched alkanes of at least 4 members (excludes halogenated alkanes) is 1. The van der Waals surface area contributed by atoms with Gasteiger partial charge in [-0.25, -0.2) is 4.79 Å². The third-order valence-corrected chi connectivity index (χ3v) is 4.29.